The topological polar surface area (TPSA) is 26.3 Å². The molecule has 3 aromatic carbocycles. The van der Waals surface area contributed by atoms with Crippen LogP contribution in [0.25, 0.3) is 21.5 Å². The summed E-state index contributed by atoms with van der Waals surface area (Å²) in [4.78, 5) is 11.7. The number of halogens is 1. The van der Waals surface area contributed by atoms with Gasteiger partial charge in [0.05, 0.1) is 0 Å². The summed E-state index contributed by atoms with van der Waals surface area (Å²) in [5.41, 5.74) is 0.528. The maximum Gasteiger partial charge on any atom is 0.303 e. The third-order valence-electron chi connectivity index (χ3n) is 5.28. The van der Waals surface area contributed by atoms with Gasteiger partial charge >= 0.3 is 5.97 Å². The zero-order valence-corrected chi connectivity index (χ0v) is 14.3. The van der Waals surface area contributed by atoms with Gasteiger partial charge in [-0.1, -0.05) is 24.6 Å². The minimum Gasteiger partial charge on any atom is -0.454 e. The van der Waals surface area contributed by atoms with Gasteiger partial charge in [0.15, 0.2) is 0 Å². The number of hydrogen-bond donors (Lipinski definition) is 0. The molecule has 4 rings (SSSR count). The number of rotatable bonds is 2. The van der Waals surface area contributed by atoms with E-state index >= 15 is 0 Å². The van der Waals surface area contributed by atoms with Crippen molar-refractivity contribution in [3.63, 3.8) is 0 Å². The Balaban J connectivity index is 1.85. The number of hydrogen-bond acceptors (Lipinski definition) is 2. The quantitative estimate of drug-likeness (QED) is 0.433. The first-order valence-electron chi connectivity index (χ1n) is 8.89. The van der Waals surface area contributed by atoms with Gasteiger partial charge in [-0.25, -0.2) is 4.39 Å². The second kappa shape index (κ2) is 6.14. The highest BCUT2D eigenvalue weighted by Crippen LogP contribution is 2.41. The maximum atomic E-state index is 13.6. The summed E-state index contributed by atoms with van der Waals surface area (Å²) in [6.07, 6.45) is 5.03. The largest absolute Gasteiger partial charge is 0.454 e. The molecule has 0 spiro atoms. The van der Waals surface area contributed by atoms with Crippen molar-refractivity contribution in [1.29, 1.82) is 0 Å². The third kappa shape index (κ3) is 2.99. The van der Waals surface area contributed by atoms with E-state index in [9.17, 15) is 9.18 Å². The first kappa shape index (κ1) is 16.1. The molecule has 1 fully saturated rings. The molecule has 0 radical (unpaired) electrons. The van der Waals surface area contributed by atoms with Gasteiger partial charge < -0.3 is 4.74 Å². The molecule has 1 saturated carbocycles. The number of fused-ring (bicyclic) bond motifs is 2. The van der Waals surface area contributed by atoms with Crippen molar-refractivity contribution < 1.29 is 13.9 Å². The lowest BCUT2D eigenvalue weighted by molar-refractivity contribution is -0.162. The van der Waals surface area contributed by atoms with Crippen LogP contribution in [0.2, 0.25) is 0 Å². The predicted octanol–water partition coefficient (Wildman–Crippen LogP) is 5.85. The van der Waals surface area contributed by atoms with Crippen LogP contribution in [-0.4, -0.2) is 5.97 Å². The molecule has 1 aliphatic carbocycles. The van der Waals surface area contributed by atoms with Crippen LogP contribution < -0.4 is 0 Å². The Labute approximate surface area is 146 Å². The summed E-state index contributed by atoms with van der Waals surface area (Å²) in [6.45, 7) is 1.48. The molecule has 0 N–H and O–H groups in total. The molecule has 0 atom stereocenters. The van der Waals surface area contributed by atoms with Crippen LogP contribution in [0.15, 0.2) is 48.5 Å². The molecular formula is C22H21FO2. The summed E-state index contributed by atoms with van der Waals surface area (Å²) in [6, 6.07) is 15.2. The van der Waals surface area contributed by atoms with Crippen LogP contribution >= 0.6 is 0 Å². The molecule has 3 heteroatoms. The summed E-state index contributed by atoms with van der Waals surface area (Å²) in [7, 11) is 0. The van der Waals surface area contributed by atoms with Crippen molar-refractivity contribution in [2.75, 3.05) is 0 Å². The molecule has 0 bridgehead atoms. The van der Waals surface area contributed by atoms with E-state index < -0.39 is 5.60 Å². The van der Waals surface area contributed by atoms with Gasteiger partial charge in [-0.15, -0.1) is 0 Å². The Hall–Kier alpha value is -2.42. The van der Waals surface area contributed by atoms with Crippen LogP contribution in [0, 0.1) is 5.82 Å². The van der Waals surface area contributed by atoms with Gasteiger partial charge in [0.1, 0.15) is 11.4 Å². The monoisotopic (exact) mass is 336 g/mol. The highest BCUT2D eigenvalue weighted by molar-refractivity contribution is 5.98. The van der Waals surface area contributed by atoms with Crippen molar-refractivity contribution in [2.24, 2.45) is 0 Å². The fraction of sp³-hybridized carbons (Fsp3) is 0.318. The lowest BCUT2D eigenvalue weighted by Crippen LogP contribution is -2.34. The molecule has 0 aromatic heterocycles. The van der Waals surface area contributed by atoms with Gasteiger partial charge in [-0.3, -0.25) is 4.79 Å². The van der Waals surface area contributed by atoms with Gasteiger partial charge in [-0.2, -0.15) is 0 Å². The molecule has 0 unspecified atom stereocenters. The van der Waals surface area contributed by atoms with Crippen LogP contribution in [0.1, 0.15) is 44.6 Å². The van der Waals surface area contributed by atoms with E-state index in [4.69, 9.17) is 4.74 Å². The van der Waals surface area contributed by atoms with Gasteiger partial charge in [-0.05, 0) is 83.1 Å². The van der Waals surface area contributed by atoms with Crippen molar-refractivity contribution in [1.82, 2.24) is 0 Å². The van der Waals surface area contributed by atoms with E-state index in [0.717, 1.165) is 52.8 Å². The minimum absolute atomic E-state index is 0.230. The van der Waals surface area contributed by atoms with Crippen LogP contribution in [-0.2, 0) is 15.1 Å². The number of carbonyl (C=O) groups is 1. The Morgan fingerprint density at radius 1 is 0.880 bits per heavy atom. The number of carbonyl (C=O) groups excluding carboxylic acids is 1. The normalized spacial score (nSPS) is 16.9. The van der Waals surface area contributed by atoms with Gasteiger partial charge in [0.2, 0.25) is 0 Å². The van der Waals surface area contributed by atoms with Crippen LogP contribution in [0.5, 0.6) is 0 Å². The standard InChI is InChI=1S/C22H21FO2/c1-15(24)25-22(9-3-2-4-10-22)20-7-5-16-11-17-6-8-21(23)14-19(17)12-18(16)13-20/h5-8,11-14H,2-4,9-10H2,1H3. The summed E-state index contributed by atoms with van der Waals surface area (Å²) in [5.74, 6) is -0.464. The predicted molar refractivity (Wildman–Crippen MR) is 97.9 cm³/mol. The molecule has 2 nitrogen and oxygen atoms in total. The average Bonchev–Trinajstić information content (AvgIpc) is 2.59. The van der Waals surface area contributed by atoms with Crippen LogP contribution in [0.4, 0.5) is 4.39 Å². The smallest absolute Gasteiger partial charge is 0.303 e. The van der Waals surface area contributed by atoms with E-state index in [-0.39, 0.29) is 11.8 Å². The molecule has 128 valence electrons. The Kier molecular flexibility index (Phi) is 3.95. The Morgan fingerprint density at radius 2 is 1.52 bits per heavy atom. The number of ether oxygens (including phenoxy) is 1. The van der Waals surface area contributed by atoms with Gasteiger partial charge in [0, 0.05) is 6.92 Å². The molecule has 0 aliphatic heterocycles. The molecular weight excluding hydrogens is 315 g/mol. The maximum absolute atomic E-state index is 13.6. The molecule has 1 aliphatic rings. The van der Waals surface area contributed by atoms with E-state index in [2.05, 4.69) is 24.3 Å². The minimum atomic E-state index is -0.519. The first-order valence-corrected chi connectivity index (χ1v) is 8.89. The van der Waals surface area contributed by atoms with Gasteiger partial charge in [0.25, 0.3) is 0 Å². The lowest BCUT2D eigenvalue weighted by Gasteiger charge is -2.37. The highest BCUT2D eigenvalue weighted by Gasteiger charge is 2.37. The fourth-order valence-electron chi connectivity index (χ4n) is 4.10. The van der Waals surface area contributed by atoms with E-state index in [1.807, 2.05) is 6.07 Å². The molecule has 3 aromatic rings. The van der Waals surface area contributed by atoms with Crippen molar-refractivity contribution >= 4 is 27.5 Å². The third-order valence-corrected chi connectivity index (χ3v) is 5.28. The second-order valence-corrected chi connectivity index (χ2v) is 7.05. The fourth-order valence-corrected chi connectivity index (χ4v) is 4.10. The molecule has 0 heterocycles. The zero-order valence-electron chi connectivity index (χ0n) is 14.3. The molecule has 0 saturated heterocycles. The SMILES string of the molecule is CC(=O)OC1(c2ccc3cc4ccc(F)cc4cc3c2)CCCCC1. The van der Waals surface area contributed by atoms with E-state index in [1.165, 1.54) is 19.4 Å². The molecule has 0 amide bonds. The van der Waals surface area contributed by atoms with Crippen molar-refractivity contribution in [3.05, 3.63) is 59.9 Å². The molecule has 25 heavy (non-hydrogen) atoms. The van der Waals surface area contributed by atoms with Crippen molar-refractivity contribution in [3.8, 4) is 0 Å². The lowest BCUT2D eigenvalue weighted by atomic mass is 9.78. The van der Waals surface area contributed by atoms with Crippen LogP contribution in [0.3, 0.4) is 0 Å². The average molecular weight is 336 g/mol. The van der Waals surface area contributed by atoms with E-state index in [1.54, 1.807) is 12.1 Å². The summed E-state index contributed by atoms with van der Waals surface area (Å²) < 4.78 is 19.4. The Bertz CT molecular complexity index is 955. The van der Waals surface area contributed by atoms with E-state index in [0.29, 0.717) is 0 Å². The first-order chi connectivity index (χ1) is 12.1. The summed E-state index contributed by atoms with van der Waals surface area (Å²) in [5, 5.41) is 4.06. The number of esters is 1. The highest BCUT2D eigenvalue weighted by atomic mass is 19.1. The second-order valence-electron chi connectivity index (χ2n) is 7.05. The zero-order chi connectivity index (χ0) is 17.4. The number of benzene rings is 3. The summed E-state index contributed by atoms with van der Waals surface area (Å²) >= 11 is 0. The van der Waals surface area contributed by atoms with Crippen molar-refractivity contribution in [2.45, 2.75) is 44.6 Å². The Morgan fingerprint density at radius 3 is 2.24 bits per heavy atom.